The summed E-state index contributed by atoms with van der Waals surface area (Å²) in [4.78, 5) is 12.9. The van der Waals surface area contributed by atoms with Gasteiger partial charge in [0, 0.05) is 6.42 Å². The molecular weight excluding hydrogens is 202 g/mol. The van der Waals surface area contributed by atoms with E-state index in [1.807, 2.05) is 0 Å². The highest BCUT2D eigenvalue weighted by molar-refractivity contribution is 5.66. The second-order valence-corrected chi connectivity index (χ2v) is 4.81. The lowest BCUT2D eigenvalue weighted by Crippen LogP contribution is -2.25. The van der Waals surface area contributed by atoms with Gasteiger partial charge < -0.3 is 10.0 Å². The molecule has 0 aromatic rings. The maximum atomic E-state index is 10.3. The Bertz CT molecular complexity index is 186. The van der Waals surface area contributed by atoms with Gasteiger partial charge in [0.1, 0.15) is 0 Å². The van der Waals surface area contributed by atoms with E-state index in [1.54, 1.807) is 0 Å². The Morgan fingerprint density at radius 1 is 0.938 bits per heavy atom. The van der Waals surface area contributed by atoms with Crippen LogP contribution in [0.25, 0.3) is 0 Å². The zero-order valence-corrected chi connectivity index (χ0v) is 10.3. The van der Waals surface area contributed by atoms with Crippen molar-refractivity contribution in [1.82, 2.24) is 4.90 Å². The maximum Gasteiger partial charge on any atom is 0.303 e. The van der Waals surface area contributed by atoms with Crippen LogP contribution in [0.5, 0.6) is 0 Å². The van der Waals surface area contributed by atoms with Gasteiger partial charge in [-0.05, 0) is 45.3 Å². The fraction of sp³-hybridized carbons (Fsp3) is 0.923. The van der Waals surface area contributed by atoms with Crippen LogP contribution in [0.2, 0.25) is 0 Å². The molecular formula is C13H25NO2. The number of unbranched alkanes of at least 4 members (excludes halogenated alkanes) is 3. The molecule has 1 fully saturated rings. The van der Waals surface area contributed by atoms with Crippen LogP contribution >= 0.6 is 0 Å². The summed E-state index contributed by atoms with van der Waals surface area (Å²) in [5, 5.41) is 8.50. The van der Waals surface area contributed by atoms with Gasteiger partial charge in [-0.25, -0.2) is 0 Å². The van der Waals surface area contributed by atoms with Crippen molar-refractivity contribution in [2.45, 2.75) is 57.8 Å². The molecule has 1 rings (SSSR count). The van der Waals surface area contributed by atoms with E-state index in [2.05, 4.69) is 4.90 Å². The highest BCUT2D eigenvalue weighted by Gasteiger charge is 2.07. The summed E-state index contributed by atoms with van der Waals surface area (Å²) < 4.78 is 0. The zero-order valence-electron chi connectivity index (χ0n) is 10.3. The molecule has 3 nitrogen and oxygen atoms in total. The first-order chi connectivity index (χ1) is 7.79. The van der Waals surface area contributed by atoms with Crippen molar-refractivity contribution in [3.05, 3.63) is 0 Å². The number of carboxylic acids is 1. The molecule has 1 saturated heterocycles. The standard InChI is InChI=1S/C13H25NO2/c15-13(16)9-5-1-2-6-10-14-11-7-3-4-8-12-14/h1-12H2,(H,15,16). The average molecular weight is 227 g/mol. The number of rotatable bonds is 7. The van der Waals surface area contributed by atoms with Crippen molar-refractivity contribution < 1.29 is 9.90 Å². The summed E-state index contributed by atoms with van der Waals surface area (Å²) in [6.45, 7) is 3.76. The first-order valence-electron chi connectivity index (χ1n) is 6.73. The van der Waals surface area contributed by atoms with Gasteiger partial charge in [0.2, 0.25) is 0 Å². The van der Waals surface area contributed by atoms with Gasteiger partial charge in [-0.15, -0.1) is 0 Å². The van der Waals surface area contributed by atoms with E-state index in [9.17, 15) is 4.79 Å². The molecule has 1 aliphatic heterocycles. The molecule has 0 saturated carbocycles. The largest absolute Gasteiger partial charge is 0.481 e. The van der Waals surface area contributed by atoms with Gasteiger partial charge in [0.25, 0.3) is 0 Å². The lowest BCUT2D eigenvalue weighted by Gasteiger charge is -2.19. The van der Waals surface area contributed by atoms with Crippen LogP contribution in [0, 0.1) is 0 Å². The SMILES string of the molecule is O=C(O)CCCCCCN1CCCCCC1. The third kappa shape index (κ3) is 6.83. The molecule has 94 valence electrons. The van der Waals surface area contributed by atoms with Crippen LogP contribution in [0.15, 0.2) is 0 Å². The molecule has 1 N–H and O–H groups in total. The number of carboxylic acid groups (broad SMARTS) is 1. The van der Waals surface area contributed by atoms with E-state index in [0.29, 0.717) is 6.42 Å². The molecule has 16 heavy (non-hydrogen) atoms. The van der Waals surface area contributed by atoms with Gasteiger partial charge in [-0.2, -0.15) is 0 Å². The van der Waals surface area contributed by atoms with E-state index >= 15 is 0 Å². The van der Waals surface area contributed by atoms with E-state index < -0.39 is 5.97 Å². The lowest BCUT2D eigenvalue weighted by molar-refractivity contribution is -0.137. The van der Waals surface area contributed by atoms with Crippen molar-refractivity contribution in [3.8, 4) is 0 Å². The minimum absolute atomic E-state index is 0.337. The Kier molecular flexibility index (Phi) is 7.23. The fourth-order valence-corrected chi connectivity index (χ4v) is 2.32. The molecule has 0 aliphatic carbocycles. The summed E-state index contributed by atoms with van der Waals surface area (Å²) in [5.41, 5.74) is 0. The quantitative estimate of drug-likeness (QED) is 0.680. The number of likely N-dealkylation sites (tertiary alicyclic amines) is 1. The molecule has 0 amide bonds. The molecule has 0 bridgehead atoms. The normalized spacial score (nSPS) is 18.2. The molecule has 0 atom stereocenters. The number of hydrogen-bond donors (Lipinski definition) is 1. The van der Waals surface area contributed by atoms with Gasteiger partial charge in [-0.1, -0.05) is 25.7 Å². The molecule has 0 unspecified atom stereocenters. The smallest absolute Gasteiger partial charge is 0.303 e. The van der Waals surface area contributed by atoms with Gasteiger partial charge in [-0.3, -0.25) is 4.79 Å². The highest BCUT2D eigenvalue weighted by atomic mass is 16.4. The Morgan fingerprint density at radius 3 is 2.19 bits per heavy atom. The van der Waals surface area contributed by atoms with Crippen molar-refractivity contribution in [3.63, 3.8) is 0 Å². The molecule has 1 aliphatic rings. The van der Waals surface area contributed by atoms with Crippen LogP contribution in [-0.2, 0) is 4.79 Å². The average Bonchev–Trinajstić information content (AvgIpc) is 2.51. The van der Waals surface area contributed by atoms with Crippen LogP contribution in [0.3, 0.4) is 0 Å². The molecule has 1 heterocycles. The number of aliphatic carboxylic acids is 1. The Morgan fingerprint density at radius 2 is 1.56 bits per heavy atom. The van der Waals surface area contributed by atoms with E-state index in [4.69, 9.17) is 5.11 Å². The minimum Gasteiger partial charge on any atom is -0.481 e. The minimum atomic E-state index is -0.660. The van der Waals surface area contributed by atoms with Crippen LogP contribution in [0.4, 0.5) is 0 Å². The Labute approximate surface area is 98.8 Å². The third-order valence-electron chi connectivity index (χ3n) is 3.31. The van der Waals surface area contributed by atoms with Gasteiger partial charge in [0.05, 0.1) is 0 Å². The molecule has 0 aromatic heterocycles. The fourth-order valence-electron chi connectivity index (χ4n) is 2.32. The zero-order chi connectivity index (χ0) is 11.6. The molecule has 3 heteroatoms. The summed E-state index contributed by atoms with van der Waals surface area (Å²) in [6, 6.07) is 0. The Balaban J connectivity index is 1.91. The topological polar surface area (TPSA) is 40.5 Å². The summed E-state index contributed by atoms with van der Waals surface area (Å²) in [5.74, 6) is -0.660. The lowest BCUT2D eigenvalue weighted by atomic mass is 10.1. The summed E-state index contributed by atoms with van der Waals surface area (Å²) >= 11 is 0. The molecule has 0 radical (unpaired) electrons. The summed E-state index contributed by atoms with van der Waals surface area (Å²) in [6.07, 6.45) is 10.2. The van der Waals surface area contributed by atoms with Crippen molar-refractivity contribution in [2.24, 2.45) is 0 Å². The van der Waals surface area contributed by atoms with Gasteiger partial charge in [0.15, 0.2) is 0 Å². The predicted molar refractivity (Wildman–Crippen MR) is 65.6 cm³/mol. The number of carbonyl (C=O) groups is 1. The highest BCUT2D eigenvalue weighted by Crippen LogP contribution is 2.11. The van der Waals surface area contributed by atoms with Crippen molar-refractivity contribution >= 4 is 5.97 Å². The Hall–Kier alpha value is -0.570. The summed E-state index contributed by atoms with van der Waals surface area (Å²) in [7, 11) is 0. The number of nitrogens with zero attached hydrogens (tertiary/aromatic N) is 1. The second-order valence-electron chi connectivity index (χ2n) is 4.81. The monoisotopic (exact) mass is 227 g/mol. The second kappa shape index (κ2) is 8.57. The molecule has 0 spiro atoms. The first kappa shape index (κ1) is 13.5. The van der Waals surface area contributed by atoms with E-state index in [1.165, 1.54) is 58.2 Å². The first-order valence-corrected chi connectivity index (χ1v) is 6.73. The van der Waals surface area contributed by atoms with Crippen LogP contribution in [-0.4, -0.2) is 35.6 Å². The van der Waals surface area contributed by atoms with Gasteiger partial charge >= 0.3 is 5.97 Å². The number of hydrogen-bond acceptors (Lipinski definition) is 2. The van der Waals surface area contributed by atoms with Crippen LogP contribution in [0.1, 0.15) is 57.8 Å². The maximum absolute atomic E-state index is 10.3. The van der Waals surface area contributed by atoms with E-state index in [-0.39, 0.29) is 0 Å². The van der Waals surface area contributed by atoms with E-state index in [0.717, 1.165) is 12.8 Å². The molecule has 0 aromatic carbocycles. The van der Waals surface area contributed by atoms with Crippen LogP contribution < -0.4 is 0 Å². The predicted octanol–water partition coefficient (Wildman–Crippen LogP) is 2.90. The van der Waals surface area contributed by atoms with Crippen molar-refractivity contribution in [1.29, 1.82) is 0 Å². The third-order valence-corrected chi connectivity index (χ3v) is 3.31. The van der Waals surface area contributed by atoms with Crippen molar-refractivity contribution in [2.75, 3.05) is 19.6 Å².